The normalized spacial score (nSPS) is 29.3. The second-order valence-corrected chi connectivity index (χ2v) is 18.1. The van der Waals surface area contributed by atoms with Crippen LogP contribution >= 0.6 is 0 Å². The number of carbonyl (C=O) groups excluding carboxylic acids is 1. The number of para-hydroxylation sites is 1. The predicted molar refractivity (Wildman–Crippen MR) is 162 cm³/mol. The molecule has 2 aliphatic heterocycles. The molecule has 1 aromatic rings. The molecule has 0 bridgehead atoms. The van der Waals surface area contributed by atoms with Crippen LogP contribution in [0.4, 0.5) is 4.39 Å². The lowest BCUT2D eigenvalue weighted by atomic mass is 9.88. The number of hydrogen-bond donors (Lipinski definition) is 0. The second-order valence-electron chi connectivity index (χ2n) is 13.3. The van der Waals surface area contributed by atoms with E-state index in [1.165, 1.54) is 6.07 Å². The molecule has 0 amide bonds. The summed E-state index contributed by atoms with van der Waals surface area (Å²) in [6, 6.07) is 6.41. The fourth-order valence-electron chi connectivity index (χ4n) is 5.86. The van der Waals surface area contributed by atoms with E-state index in [0.29, 0.717) is 32.5 Å². The SMILES string of the molecule is CC(C)(C)[Si](C)(C)O[C@@H]1C[C@H](OC2CCCCO2)[C@H](/C(=C\CCOc2ccccc2F)OC2CCCCO2)[C@@H]1CC=O. The summed E-state index contributed by atoms with van der Waals surface area (Å²) < 4.78 is 52.2. The molecule has 2 saturated heterocycles. The van der Waals surface area contributed by atoms with Crippen molar-refractivity contribution in [3.8, 4) is 5.75 Å². The number of benzene rings is 1. The molecule has 1 aromatic carbocycles. The summed E-state index contributed by atoms with van der Waals surface area (Å²) in [7, 11) is -2.15. The quantitative estimate of drug-likeness (QED) is 0.0994. The lowest BCUT2D eigenvalue weighted by Gasteiger charge is -2.40. The third kappa shape index (κ3) is 8.88. The zero-order chi connectivity index (χ0) is 30.2. The molecule has 3 fully saturated rings. The van der Waals surface area contributed by atoms with E-state index in [1.807, 2.05) is 6.08 Å². The van der Waals surface area contributed by atoms with Gasteiger partial charge in [0.15, 0.2) is 32.5 Å². The molecule has 0 radical (unpaired) electrons. The van der Waals surface area contributed by atoms with E-state index in [1.54, 1.807) is 18.2 Å². The summed E-state index contributed by atoms with van der Waals surface area (Å²) in [6.07, 6.45) is 9.27. The van der Waals surface area contributed by atoms with Gasteiger partial charge >= 0.3 is 0 Å². The number of rotatable bonds is 13. The average Bonchev–Trinajstić information content (AvgIpc) is 3.27. The van der Waals surface area contributed by atoms with E-state index < -0.39 is 8.32 Å². The Labute approximate surface area is 252 Å². The molecule has 1 saturated carbocycles. The smallest absolute Gasteiger partial charge is 0.199 e. The summed E-state index contributed by atoms with van der Waals surface area (Å²) in [5, 5.41) is 0.0226. The summed E-state index contributed by atoms with van der Waals surface area (Å²) in [6.45, 7) is 12.8. The number of carbonyl (C=O) groups is 1. The third-order valence-corrected chi connectivity index (χ3v) is 13.7. The fourth-order valence-corrected chi connectivity index (χ4v) is 7.24. The minimum absolute atomic E-state index is 0.0226. The van der Waals surface area contributed by atoms with Crippen molar-refractivity contribution in [2.45, 2.75) is 121 Å². The number of halogens is 1. The van der Waals surface area contributed by atoms with Gasteiger partial charge in [-0.1, -0.05) is 32.9 Å². The van der Waals surface area contributed by atoms with Gasteiger partial charge < -0.3 is 32.9 Å². The zero-order valence-corrected chi connectivity index (χ0v) is 27.1. The molecule has 0 aromatic heterocycles. The first kappa shape index (κ1) is 33.1. The predicted octanol–water partition coefficient (Wildman–Crippen LogP) is 7.55. The Hall–Kier alpha value is -1.78. The second kappa shape index (κ2) is 15.3. The van der Waals surface area contributed by atoms with Crippen molar-refractivity contribution >= 4 is 14.6 Å². The van der Waals surface area contributed by atoms with Gasteiger partial charge in [0.1, 0.15) is 12.0 Å². The van der Waals surface area contributed by atoms with Crippen LogP contribution in [-0.2, 0) is 28.2 Å². The number of aldehydes is 1. The van der Waals surface area contributed by atoms with E-state index >= 15 is 0 Å². The zero-order valence-electron chi connectivity index (χ0n) is 26.1. The van der Waals surface area contributed by atoms with Crippen LogP contribution in [0.25, 0.3) is 0 Å². The maximum absolute atomic E-state index is 14.1. The highest BCUT2D eigenvalue weighted by Crippen LogP contribution is 2.47. The van der Waals surface area contributed by atoms with Crippen molar-refractivity contribution in [2.24, 2.45) is 11.8 Å². The molecular formula is C33H51FO7Si. The number of hydrogen-bond acceptors (Lipinski definition) is 7. The molecule has 9 heteroatoms. The molecule has 0 spiro atoms. The average molecular weight is 607 g/mol. The van der Waals surface area contributed by atoms with Crippen LogP contribution in [0.2, 0.25) is 18.1 Å². The highest BCUT2D eigenvalue weighted by molar-refractivity contribution is 6.74. The molecule has 6 atom stereocenters. The van der Waals surface area contributed by atoms with Crippen LogP contribution in [0, 0.1) is 17.7 Å². The van der Waals surface area contributed by atoms with Gasteiger partial charge in [0.05, 0.1) is 25.4 Å². The van der Waals surface area contributed by atoms with Gasteiger partial charge in [-0.15, -0.1) is 0 Å². The topological polar surface area (TPSA) is 72.5 Å². The largest absolute Gasteiger partial charge is 0.490 e. The summed E-state index contributed by atoms with van der Waals surface area (Å²) in [5.74, 6) is 0.249. The van der Waals surface area contributed by atoms with E-state index in [-0.39, 0.29) is 59.8 Å². The highest BCUT2D eigenvalue weighted by atomic mass is 28.4. The minimum atomic E-state index is -2.15. The van der Waals surface area contributed by atoms with E-state index in [2.05, 4.69) is 33.9 Å². The molecule has 42 heavy (non-hydrogen) atoms. The summed E-state index contributed by atoms with van der Waals surface area (Å²) >= 11 is 0. The summed E-state index contributed by atoms with van der Waals surface area (Å²) in [4.78, 5) is 12.1. The third-order valence-electron chi connectivity index (χ3n) is 9.18. The molecule has 4 rings (SSSR count). The van der Waals surface area contributed by atoms with E-state index in [0.717, 1.165) is 50.6 Å². The minimum Gasteiger partial charge on any atom is -0.490 e. The van der Waals surface area contributed by atoms with Crippen molar-refractivity contribution in [1.29, 1.82) is 0 Å². The van der Waals surface area contributed by atoms with Crippen LogP contribution in [0.1, 0.15) is 78.6 Å². The maximum Gasteiger partial charge on any atom is 0.199 e. The van der Waals surface area contributed by atoms with Crippen molar-refractivity contribution < 1.29 is 37.3 Å². The molecule has 3 aliphatic rings. The van der Waals surface area contributed by atoms with Crippen LogP contribution in [-0.4, -0.2) is 59.2 Å². The molecule has 2 unspecified atom stereocenters. The number of ether oxygens (including phenoxy) is 5. The Bertz CT molecular complexity index is 1010. The molecule has 236 valence electrons. The van der Waals surface area contributed by atoms with Gasteiger partial charge in [-0.3, -0.25) is 0 Å². The van der Waals surface area contributed by atoms with Crippen LogP contribution in [0.5, 0.6) is 5.75 Å². The first-order valence-electron chi connectivity index (χ1n) is 15.8. The Balaban J connectivity index is 1.62. The fraction of sp³-hybridized carbons (Fsp3) is 0.727. The van der Waals surface area contributed by atoms with Crippen LogP contribution in [0.3, 0.4) is 0 Å². The highest BCUT2D eigenvalue weighted by Gasteiger charge is 2.51. The monoisotopic (exact) mass is 606 g/mol. The van der Waals surface area contributed by atoms with Crippen molar-refractivity contribution in [3.05, 3.63) is 41.9 Å². The molecule has 7 nitrogen and oxygen atoms in total. The van der Waals surface area contributed by atoms with Crippen molar-refractivity contribution in [3.63, 3.8) is 0 Å². The maximum atomic E-state index is 14.1. The molecular weight excluding hydrogens is 555 g/mol. The van der Waals surface area contributed by atoms with Gasteiger partial charge in [-0.2, -0.15) is 0 Å². The van der Waals surface area contributed by atoms with Gasteiger partial charge in [0.2, 0.25) is 0 Å². The lowest BCUT2D eigenvalue weighted by molar-refractivity contribution is -0.201. The van der Waals surface area contributed by atoms with Gasteiger partial charge in [0.25, 0.3) is 0 Å². The molecule has 1 aliphatic carbocycles. The van der Waals surface area contributed by atoms with Crippen LogP contribution < -0.4 is 4.74 Å². The first-order chi connectivity index (χ1) is 20.1. The van der Waals surface area contributed by atoms with Crippen molar-refractivity contribution in [1.82, 2.24) is 0 Å². The van der Waals surface area contributed by atoms with E-state index in [9.17, 15) is 9.18 Å². The van der Waals surface area contributed by atoms with Gasteiger partial charge in [0, 0.05) is 37.7 Å². The van der Waals surface area contributed by atoms with Gasteiger partial charge in [-0.05, 0) is 74.9 Å². The lowest BCUT2D eigenvalue weighted by Crippen LogP contribution is -2.45. The van der Waals surface area contributed by atoms with Gasteiger partial charge in [-0.25, -0.2) is 4.39 Å². The van der Waals surface area contributed by atoms with Crippen LogP contribution in [0.15, 0.2) is 36.1 Å². The Morgan fingerprint density at radius 1 is 1.02 bits per heavy atom. The standard InChI is InChI=1S/C33H51FO7Si/c1-33(2,3)42(4,5)41-28-23-29(40-31-17-9-11-21-38-31)32(24(28)18-19-35)27(39-30-16-8-10-20-37-30)15-12-22-36-26-14-7-6-13-25(26)34/h6-7,13-15,19,24,28-32H,8-12,16-18,20-23H2,1-5H3/b27-15+/t24-,28-,29+,30?,31?,32+/m1/s1. The Morgan fingerprint density at radius 3 is 2.33 bits per heavy atom. The molecule has 2 heterocycles. The first-order valence-corrected chi connectivity index (χ1v) is 18.7. The Kier molecular flexibility index (Phi) is 12.1. The van der Waals surface area contributed by atoms with Crippen molar-refractivity contribution in [2.75, 3.05) is 19.8 Å². The summed E-state index contributed by atoms with van der Waals surface area (Å²) in [5.41, 5.74) is 0. The molecule has 0 N–H and O–H groups in total. The Morgan fingerprint density at radius 2 is 1.71 bits per heavy atom. The van der Waals surface area contributed by atoms with E-state index in [4.69, 9.17) is 28.1 Å².